The number of aryl methyl sites for hydroxylation is 2. The van der Waals surface area contributed by atoms with E-state index >= 15 is 0 Å². The fourth-order valence-corrected chi connectivity index (χ4v) is 3.60. The van der Waals surface area contributed by atoms with Crippen molar-refractivity contribution in [3.8, 4) is 5.69 Å². The number of fused-ring (bicyclic) bond motifs is 1. The molecule has 4 aromatic rings. The van der Waals surface area contributed by atoms with E-state index in [1.807, 2.05) is 67.9 Å². The second-order valence-corrected chi connectivity index (χ2v) is 7.32. The summed E-state index contributed by atoms with van der Waals surface area (Å²) in [6.07, 6.45) is 1.43. The predicted octanol–water partition coefficient (Wildman–Crippen LogP) is 2.82. The summed E-state index contributed by atoms with van der Waals surface area (Å²) >= 11 is 0. The first kappa shape index (κ1) is 19.6. The maximum atomic E-state index is 12.7. The maximum absolute atomic E-state index is 12.7. The Balaban J connectivity index is 1.50. The molecule has 0 radical (unpaired) electrons. The Kier molecular flexibility index (Phi) is 5.18. The quantitative estimate of drug-likeness (QED) is 0.558. The lowest BCUT2D eigenvalue weighted by Crippen LogP contribution is -2.32. The van der Waals surface area contributed by atoms with E-state index in [2.05, 4.69) is 15.4 Å². The molecule has 7 heteroatoms. The largest absolute Gasteiger partial charge is 0.350 e. The number of amides is 1. The van der Waals surface area contributed by atoms with Gasteiger partial charge in [0.05, 0.1) is 28.6 Å². The molecule has 7 nitrogen and oxygen atoms in total. The maximum Gasteiger partial charge on any atom is 0.261 e. The van der Waals surface area contributed by atoms with Gasteiger partial charge in [0.2, 0.25) is 5.91 Å². The molecule has 0 aliphatic rings. The summed E-state index contributed by atoms with van der Waals surface area (Å²) in [4.78, 5) is 29.6. The first-order valence-corrected chi connectivity index (χ1v) is 9.77. The first-order valence-electron chi connectivity index (χ1n) is 9.77. The molecule has 2 heterocycles. The van der Waals surface area contributed by atoms with Gasteiger partial charge >= 0.3 is 0 Å². The van der Waals surface area contributed by atoms with Crippen LogP contribution in [-0.2, 0) is 17.9 Å². The lowest BCUT2D eigenvalue weighted by Gasteiger charge is -2.09. The molecule has 0 aliphatic heterocycles. The molecule has 152 valence electrons. The van der Waals surface area contributed by atoms with Gasteiger partial charge in [-0.3, -0.25) is 14.2 Å². The molecule has 0 saturated carbocycles. The highest BCUT2D eigenvalue weighted by Gasteiger charge is 2.14. The zero-order chi connectivity index (χ0) is 21.3. The van der Waals surface area contributed by atoms with Crippen molar-refractivity contribution in [2.24, 2.45) is 0 Å². The van der Waals surface area contributed by atoms with Gasteiger partial charge in [0.1, 0.15) is 6.54 Å². The predicted molar refractivity (Wildman–Crippen MR) is 116 cm³/mol. The highest BCUT2D eigenvalue weighted by atomic mass is 16.2. The molecule has 2 aromatic heterocycles. The van der Waals surface area contributed by atoms with Crippen molar-refractivity contribution in [2.75, 3.05) is 0 Å². The van der Waals surface area contributed by atoms with Gasteiger partial charge in [0.15, 0.2) is 0 Å². The third-order valence-electron chi connectivity index (χ3n) is 5.27. The molecular weight excluding hydrogens is 378 g/mol. The summed E-state index contributed by atoms with van der Waals surface area (Å²) < 4.78 is 3.21. The second kappa shape index (κ2) is 7.94. The summed E-state index contributed by atoms with van der Waals surface area (Å²) in [6.45, 7) is 6.08. The molecule has 0 aliphatic carbocycles. The monoisotopic (exact) mass is 401 g/mol. The molecule has 1 N–H and O–H groups in total. The number of aromatic nitrogens is 4. The molecule has 1 amide bonds. The van der Waals surface area contributed by atoms with Gasteiger partial charge in [-0.05, 0) is 44.5 Å². The molecule has 0 unspecified atom stereocenters. The zero-order valence-corrected chi connectivity index (χ0v) is 17.2. The van der Waals surface area contributed by atoms with Crippen molar-refractivity contribution in [2.45, 2.75) is 33.9 Å². The van der Waals surface area contributed by atoms with E-state index in [-0.39, 0.29) is 18.0 Å². The van der Waals surface area contributed by atoms with E-state index < -0.39 is 0 Å². The van der Waals surface area contributed by atoms with Gasteiger partial charge in [0.25, 0.3) is 5.56 Å². The minimum absolute atomic E-state index is 0.0827. The zero-order valence-electron chi connectivity index (χ0n) is 17.2. The third kappa shape index (κ3) is 3.61. The number of carbonyl (C=O) groups excluding carboxylic acids is 1. The number of carbonyl (C=O) groups is 1. The summed E-state index contributed by atoms with van der Waals surface area (Å²) in [5.41, 5.74) is 5.15. The average molecular weight is 401 g/mol. The first-order chi connectivity index (χ1) is 14.5. The van der Waals surface area contributed by atoms with Crippen LogP contribution in [0.1, 0.15) is 22.5 Å². The third-order valence-corrected chi connectivity index (χ3v) is 5.27. The van der Waals surface area contributed by atoms with E-state index in [1.54, 1.807) is 6.07 Å². The number of hydrogen-bond acceptors (Lipinski definition) is 4. The molecule has 30 heavy (non-hydrogen) atoms. The Morgan fingerprint density at radius 3 is 2.57 bits per heavy atom. The number of hydrogen-bond donors (Lipinski definition) is 1. The Bertz CT molecular complexity index is 1290. The van der Waals surface area contributed by atoms with Gasteiger partial charge in [-0.15, -0.1) is 0 Å². The summed E-state index contributed by atoms with van der Waals surface area (Å²) in [5, 5.41) is 8.01. The van der Waals surface area contributed by atoms with Gasteiger partial charge in [-0.2, -0.15) is 5.10 Å². The van der Waals surface area contributed by atoms with Crippen LogP contribution in [0.3, 0.4) is 0 Å². The standard InChI is InChI=1S/C23H23N5O2/c1-15-8-7-11-19-22(15)25-14-27(23(19)30)13-21(29)24-12-20-16(2)26-28(17(20)3)18-9-5-4-6-10-18/h4-11,14H,12-13H2,1-3H3,(H,24,29). The molecule has 0 saturated heterocycles. The van der Waals surface area contributed by atoms with E-state index in [9.17, 15) is 9.59 Å². The fourth-order valence-electron chi connectivity index (χ4n) is 3.60. The summed E-state index contributed by atoms with van der Waals surface area (Å²) in [7, 11) is 0. The van der Waals surface area contributed by atoms with Crippen LogP contribution in [0.4, 0.5) is 0 Å². The van der Waals surface area contributed by atoms with Crippen LogP contribution in [0.25, 0.3) is 16.6 Å². The molecule has 0 fully saturated rings. The normalized spacial score (nSPS) is 11.0. The Hall–Kier alpha value is -3.74. The Morgan fingerprint density at radius 1 is 1.03 bits per heavy atom. The molecule has 0 bridgehead atoms. The van der Waals surface area contributed by atoms with Crippen LogP contribution in [0.5, 0.6) is 0 Å². The lowest BCUT2D eigenvalue weighted by atomic mass is 10.1. The summed E-state index contributed by atoms with van der Waals surface area (Å²) in [6, 6.07) is 15.3. The lowest BCUT2D eigenvalue weighted by molar-refractivity contribution is -0.121. The van der Waals surface area contributed by atoms with Crippen molar-refractivity contribution in [1.29, 1.82) is 0 Å². The highest BCUT2D eigenvalue weighted by molar-refractivity contribution is 5.81. The summed E-state index contributed by atoms with van der Waals surface area (Å²) in [5.74, 6) is -0.253. The van der Waals surface area contributed by atoms with Crippen LogP contribution < -0.4 is 10.9 Å². The van der Waals surface area contributed by atoms with Crippen molar-refractivity contribution in [1.82, 2.24) is 24.6 Å². The Labute approximate surface area is 174 Å². The van der Waals surface area contributed by atoms with Crippen LogP contribution in [-0.4, -0.2) is 25.2 Å². The molecule has 4 rings (SSSR count). The minimum atomic E-state index is -0.253. The molecular formula is C23H23N5O2. The molecule has 0 spiro atoms. The second-order valence-electron chi connectivity index (χ2n) is 7.32. The number of para-hydroxylation sites is 2. The van der Waals surface area contributed by atoms with Crippen molar-refractivity contribution in [3.63, 3.8) is 0 Å². The number of benzene rings is 2. The van der Waals surface area contributed by atoms with Crippen LogP contribution in [0, 0.1) is 20.8 Å². The van der Waals surface area contributed by atoms with E-state index in [0.717, 1.165) is 28.2 Å². The van der Waals surface area contributed by atoms with E-state index in [1.165, 1.54) is 10.9 Å². The van der Waals surface area contributed by atoms with Gasteiger partial charge in [-0.1, -0.05) is 30.3 Å². The van der Waals surface area contributed by atoms with Crippen molar-refractivity contribution in [3.05, 3.63) is 87.7 Å². The highest BCUT2D eigenvalue weighted by Crippen LogP contribution is 2.17. The van der Waals surface area contributed by atoms with Gasteiger partial charge in [-0.25, -0.2) is 9.67 Å². The minimum Gasteiger partial charge on any atom is -0.350 e. The smallest absolute Gasteiger partial charge is 0.261 e. The Morgan fingerprint density at radius 2 is 1.80 bits per heavy atom. The van der Waals surface area contributed by atoms with E-state index in [4.69, 9.17) is 0 Å². The van der Waals surface area contributed by atoms with Crippen LogP contribution in [0.15, 0.2) is 59.7 Å². The number of nitrogens with zero attached hydrogens (tertiary/aromatic N) is 4. The van der Waals surface area contributed by atoms with Gasteiger partial charge in [0, 0.05) is 17.8 Å². The van der Waals surface area contributed by atoms with E-state index in [0.29, 0.717) is 17.4 Å². The molecule has 0 atom stereocenters. The molecule has 2 aromatic carbocycles. The topological polar surface area (TPSA) is 81.8 Å². The number of rotatable bonds is 5. The van der Waals surface area contributed by atoms with Crippen LogP contribution >= 0.6 is 0 Å². The fraction of sp³-hybridized carbons (Fsp3) is 0.217. The average Bonchev–Trinajstić information content (AvgIpc) is 3.03. The van der Waals surface area contributed by atoms with Crippen molar-refractivity contribution < 1.29 is 4.79 Å². The number of nitrogens with one attached hydrogen (secondary N) is 1. The van der Waals surface area contributed by atoms with Crippen LogP contribution in [0.2, 0.25) is 0 Å². The van der Waals surface area contributed by atoms with Gasteiger partial charge < -0.3 is 5.32 Å². The SMILES string of the molecule is Cc1nn(-c2ccccc2)c(C)c1CNC(=O)Cn1cnc2c(C)cccc2c1=O. The van der Waals surface area contributed by atoms with Crippen molar-refractivity contribution >= 4 is 16.8 Å².